The Hall–Kier alpha value is -0.620. The molecule has 1 amide bonds. The summed E-state index contributed by atoms with van der Waals surface area (Å²) in [4.78, 5) is 11.1. The van der Waals surface area contributed by atoms with Crippen LogP contribution in [0, 0.1) is 5.41 Å². The molecule has 0 aromatic carbocycles. The number of carbonyl (C=O) groups excluding carboxylic acids is 1. The van der Waals surface area contributed by atoms with Crippen molar-refractivity contribution >= 4 is 15.9 Å². The molecule has 0 aromatic rings. The van der Waals surface area contributed by atoms with Gasteiger partial charge in [0.25, 0.3) is 0 Å². The third kappa shape index (κ3) is 3.79. The summed E-state index contributed by atoms with van der Waals surface area (Å²) in [5.74, 6) is -0.147. The van der Waals surface area contributed by atoms with Crippen LogP contribution in [-0.4, -0.2) is 44.0 Å². The maximum absolute atomic E-state index is 11.9. The van der Waals surface area contributed by atoms with Gasteiger partial charge in [-0.2, -0.15) is 4.31 Å². The van der Waals surface area contributed by atoms with E-state index < -0.39 is 10.0 Å². The number of amides is 1. The van der Waals surface area contributed by atoms with Gasteiger partial charge >= 0.3 is 0 Å². The molecule has 1 heterocycles. The summed E-state index contributed by atoms with van der Waals surface area (Å²) in [6.07, 6.45) is 0. The van der Waals surface area contributed by atoms with Crippen LogP contribution in [0.25, 0.3) is 0 Å². The molecule has 1 aliphatic rings. The molecule has 0 atom stereocenters. The Morgan fingerprint density at radius 2 is 2.00 bits per heavy atom. The second-order valence-electron chi connectivity index (χ2n) is 5.00. The first kappa shape index (κ1) is 12.4. The zero-order valence-electron chi connectivity index (χ0n) is 9.41. The van der Waals surface area contributed by atoms with Crippen LogP contribution >= 0.6 is 0 Å². The molecule has 0 radical (unpaired) electrons. The molecule has 0 saturated carbocycles. The molecule has 1 aliphatic heterocycles. The number of hydrogen-bond donors (Lipinski definition) is 1. The number of piperazine rings is 1. The molecular weight excluding hydrogens is 216 g/mol. The van der Waals surface area contributed by atoms with Crippen molar-refractivity contribution in [2.45, 2.75) is 20.8 Å². The molecule has 0 aromatic heterocycles. The van der Waals surface area contributed by atoms with Crippen molar-refractivity contribution in [3.63, 3.8) is 0 Å². The quantitative estimate of drug-likeness (QED) is 0.719. The molecule has 0 spiro atoms. The molecule has 0 unspecified atom stereocenters. The van der Waals surface area contributed by atoms with Crippen LogP contribution in [0.5, 0.6) is 0 Å². The fourth-order valence-electron chi connectivity index (χ4n) is 1.49. The van der Waals surface area contributed by atoms with E-state index >= 15 is 0 Å². The molecule has 0 bridgehead atoms. The highest BCUT2D eigenvalue weighted by molar-refractivity contribution is 7.89. The molecule has 5 nitrogen and oxygen atoms in total. The molecule has 0 aliphatic carbocycles. The highest BCUT2D eigenvalue weighted by atomic mass is 32.2. The van der Waals surface area contributed by atoms with E-state index in [9.17, 15) is 13.2 Å². The topological polar surface area (TPSA) is 66.5 Å². The normalized spacial score (nSPS) is 20.1. The van der Waals surface area contributed by atoms with Gasteiger partial charge in [-0.1, -0.05) is 20.8 Å². The summed E-state index contributed by atoms with van der Waals surface area (Å²) in [6, 6.07) is 0. The van der Waals surface area contributed by atoms with E-state index in [0.717, 1.165) is 0 Å². The highest BCUT2D eigenvalue weighted by Gasteiger charge is 2.31. The summed E-state index contributed by atoms with van der Waals surface area (Å²) in [6.45, 7) is 6.35. The third-order valence-corrected chi connectivity index (χ3v) is 4.34. The van der Waals surface area contributed by atoms with Crippen LogP contribution in [0.1, 0.15) is 20.8 Å². The van der Waals surface area contributed by atoms with Crippen molar-refractivity contribution in [1.29, 1.82) is 0 Å². The van der Waals surface area contributed by atoms with Crippen LogP contribution in [0.15, 0.2) is 0 Å². The molecule has 6 heteroatoms. The van der Waals surface area contributed by atoms with Crippen LogP contribution in [-0.2, 0) is 14.8 Å². The minimum atomic E-state index is -3.30. The molecular formula is C9H18N2O3S. The second kappa shape index (κ2) is 4.09. The van der Waals surface area contributed by atoms with Crippen molar-refractivity contribution in [3.8, 4) is 0 Å². The maximum Gasteiger partial charge on any atom is 0.235 e. The number of rotatable bonds is 2. The van der Waals surface area contributed by atoms with Crippen molar-refractivity contribution in [1.82, 2.24) is 9.62 Å². The zero-order chi connectivity index (χ0) is 11.7. The molecule has 88 valence electrons. The van der Waals surface area contributed by atoms with Gasteiger partial charge < -0.3 is 5.32 Å². The van der Waals surface area contributed by atoms with Gasteiger partial charge in [0, 0.05) is 13.1 Å². The van der Waals surface area contributed by atoms with E-state index in [0.29, 0.717) is 13.1 Å². The van der Waals surface area contributed by atoms with E-state index in [-0.39, 0.29) is 23.6 Å². The molecule has 1 rings (SSSR count). The number of sulfonamides is 1. The first-order chi connectivity index (χ1) is 6.71. The SMILES string of the molecule is CC(C)(C)CS(=O)(=O)N1CCNC(=O)C1. The van der Waals surface area contributed by atoms with Crippen LogP contribution in [0.2, 0.25) is 0 Å². The number of hydrogen-bond acceptors (Lipinski definition) is 3. The van der Waals surface area contributed by atoms with Crippen molar-refractivity contribution in [3.05, 3.63) is 0 Å². The second-order valence-corrected chi connectivity index (χ2v) is 6.97. The standard InChI is InChI=1S/C9H18N2O3S/c1-9(2,3)7-15(13,14)11-5-4-10-8(12)6-11/h4-7H2,1-3H3,(H,10,12). The van der Waals surface area contributed by atoms with E-state index in [1.807, 2.05) is 20.8 Å². The van der Waals surface area contributed by atoms with Crippen LogP contribution in [0.3, 0.4) is 0 Å². The highest BCUT2D eigenvalue weighted by Crippen LogP contribution is 2.18. The Labute approximate surface area is 90.9 Å². The maximum atomic E-state index is 11.9. The average Bonchev–Trinajstić information content (AvgIpc) is 1.99. The van der Waals surface area contributed by atoms with Crippen molar-refractivity contribution in [2.75, 3.05) is 25.4 Å². The summed E-state index contributed by atoms with van der Waals surface area (Å²) in [5, 5.41) is 2.60. The van der Waals surface area contributed by atoms with Gasteiger partial charge in [0.05, 0.1) is 12.3 Å². The van der Waals surface area contributed by atoms with Gasteiger partial charge in [-0.25, -0.2) is 8.42 Å². The summed E-state index contributed by atoms with van der Waals surface area (Å²) >= 11 is 0. The molecule has 15 heavy (non-hydrogen) atoms. The zero-order valence-corrected chi connectivity index (χ0v) is 10.2. The first-order valence-corrected chi connectivity index (χ1v) is 6.56. The lowest BCUT2D eigenvalue weighted by Crippen LogP contribution is -2.51. The first-order valence-electron chi connectivity index (χ1n) is 4.95. The third-order valence-electron chi connectivity index (χ3n) is 2.01. The smallest absolute Gasteiger partial charge is 0.235 e. The average molecular weight is 234 g/mol. The fraction of sp³-hybridized carbons (Fsp3) is 0.889. The minimum Gasteiger partial charge on any atom is -0.354 e. The van der Waals surface area contributed by atoms with Crippen LogP contribution in [0.4, 0.5) is 0 Å². The number of nitrogens with one attached hydrogen (secondary N) is 1. The van der Waals surface area contributed by atoms with Gasteiger partial charge in [0.15, 0.2) is 0 Å². The largest absolute Gasteiger partial charge is 0.354 e. The fourth-order valence-corrected chi connectivity index (χ4v) is 3.45. The molecule has 1 fully saturated rings. The van der Waals surface area contributed by atoms with E-state index in [1.165, 1.54) is 4.31 Å². The summed E-state index contributed by atoms with van der Waals surface area (Å²) in [7, 11) is -3.30. The molecule has 1 saturated heterocycles. The van der Waals surface area contributed by atoms with Crippen molar-refractivity contribution < 1.29 is 13.2 Å². The Balaban J connectivity index is 2.73. The van der Waals surface area contributed by atoms with Gasteiger partial charge in [-0.15, -0.1) is 0 Å². The van der Waals surface area contributed by atoms with Gasteiger partial charge in [0.2, 0.25) is 15.9 Å². The van der Waals surface area contributed by atoms with Gasteiger partial charge in [-0.3, -0.25) is 4.79 Å². The van der Waals surface area contributed by atoms with Gasteiger partial charge in [0.1, 0.15) is 0 Å². The lowest BCUT2D eigenvalue weighted by Gasteiger charge is -2.29. The Morgan fingerprint density at radius 3 is 2.47 bits per heavy atom. The number of carbonyl (C=O) groups is 1. The summed E-state index contributed by atoms with van der Waals surface area (Å²) in [5.41, 5.74) is -0.285. The van der Waals surface area contributed by atoms with E-state index in [1.54, 1.807) is 0 Å². The lowest BCUT2D eigenvalue weighted by atomic mass is 10.0. The Morgan fingerprint density at radius 1 is 1.40 bits per heavy atom. The predicted octanol–water partition coefficient (Wildman–Crippen LogP) is -0.206. The summed E-state index contributed by atoms with van der Waals surface area (Å²) < 4.78 is 25.0. The lowest BCUT2D eigenvalue weighted by molar-refractivity contribution is -0.122. The Bertz CT molecular complexity index is 343. The molecule has 1 N–H and O–H groups in total. The monoisotopic (exact) mass is 234 g/mol. The predicted molar refractivity (Wildman–Crippen MR) is 57.8 cm³/mol. The van der Waals surface area contributed by atoms with Crippen LogP contribution < -0.4 is 5.32 Å². The number of nitrogens with zero attached hydrogens (tertiary/aromatic N) is 1. The van der Waals surface area contributed by atoms with E-state index in [2.05, 4.69) is 5.32 Å². The van der Waals surface area contributed by atoms with Gasteiger partial charge in [-0.05, 0) is 5.41 Å². The minimum absolute atomic E-state index is 0.0432. The Kier molecular flexibility index (Phi) is 3.40. The van der Waals surface area contributed by atoms with E-state index in [4.69, 9.17) is 0 Å². The van der Waals surface area contributed by atoms with Crippen molar-refractivity contribution in [2.24, 2.45) is 5.41 Å².